The molecule has 0 saturated carbocycles. The first kappa shape index (κ1) is 8.37. The molecule has 0 heterocycles. The summed E-state index contributed by atoms with van der Waals surface area (Å²) in [6, 6.07) is -0.0394. The van der Waals surface area contributed by atoms with E-state index in [1.807, 2.05) is 0 Å². The monoisotopic (exact) mass is 127 g/mol. The largest absolute Gasteiger partial charge is 0.310 e. The minimum Gasteiger partial charge on any atom is -0.310 e. The number of likely N-dealkylation sites (N-methyl/N-ethyl adjacent to an activating group) is 1. The lowest BCUT2D eigenvalue weighted by molar-refractivity contribution is -0.118. The molecule has 0 aliphatic rings. The number of carbonyl (C=O) groups is 1. The Morgan fingerprint density at radius 2 is 2.44 bits per heavy atom. The molecule has 1 atom stereocenters. The first-order chi connectivity index (χ1) is 4.22. The topological polar surface area (TPSA) is 29.1 Å². The van der Waals surface area contributed by atoms with Crippen molar-refractivity contribution in [3.63, 3.8) is 0 Å². The standard InChI is InChI=1S/C7H13NO/c1-4-5-7(8-3)6(2)9/h4,7-8H,1,5H2,2-3H3/t7-/m0/s1. The summed E-state index contributed by atoms with van der Waals surface area (Å²) in [6.45, 7) is 5.11. The van der Waals surface area contributed by atoms with Crippen molar-refractivity contribution in [3.05, 3.63) is 12.7 Å². The van der Waals surface area contributed by atoms with Crippen molar-refractivity contribution >= 4 is 5.78 Å². The van der Waals surface area contributed by atoms with Gasteiger partial charge in [-0.1, -0.05) is 6.08 Å². The van der Waals surface area contributed by atoms with Crippen LogP contribution in [0.4, 0.5) is 0 Å². The fourth-order valence-electron chi connectivity index (χ4n) is 0.654. The zero-order chi connectivity index (χ0) is 7.28. The van der Waals surface area contributed by atoms with Crippen molar-refractivity contribution in [2.24, 2.45) is 0 Å². The molecular weight excluding hydrogens is 114 g/mol. The highest BCUT2D eigenvalue weighted by Crippen LogP contribution is 1.91. The predicted molar refractivity (Wildman–Crippen MR) is 38.3 cm³/mol. The number of hydrogen-bond donors (Lipinski definition) is 1. The Kier molecular flexibility index (Phi) is 3.97. The van der Waals surface area contributed by atoms with Crippen molar-refractivity contribution in [2.75, 3.05) is 7.05 Å². The van der Waals surface area contributed by atoms with Gasteiger partial charge in [0.15, 0.2) is 0 Å². The molecule has 0 fully saturated rings. The molecule has 0 unspecified atom stereocenters. The minimum atomic E-state index is -0.0394. The van der Waals surface area contributed by atoms with Gasteiger partial charge in [0.1, 0.15) is 5.78 Å². The van der Waals surface area contributed by atoms with Crippen LogP contribution in [0.5, 0.6) is 0 Å². The molecule has 0 aromatic rings. The van der Waals surface area contributed by atoms with E-state index in [2.05, 4.69) is 11.9 Å². The van der Waals surface area contributed by atoms with Crippen LogP contribution in [0, 0.1) is 0 Å². The number of hydrogen-bond acceptors (Lipinski definition) is 2. The van der Waals surface area contributed by atoms with Gasteiger partial charge in [0.25, 0.3) is 0 Å². The van der Waals surface area contributed by atoms with Crippen LogP contribution < -0.4 is 5.32 Å². The van der Waals surface area contributed by atoms with E-state index in [0.29, 0.717) is 6.42 Å². The SMILES string of the molecule is C=CC[C@H](NC)C(C)=O. The van der Waals surface area contributed by atoms with Crippen LogP contribution >= 0.6 is 0 Å². The van der Waals surface area contributed by atoms with Crippen molar-refractivity contribution in [1.82, 2.24) is 5.32 Å². The Balaban J connectivity index is 3.67. The second kappa shape index (κ2) is 4.27. The lowest BCUT2D eigenvalue weighted by Crippen LogP contribution is -2.31. The van der Waals surface area contributed by atoms with E-state index in [4.69, 9.17) is 0 Å². The molecule has 2 nitrogen and oxygen atoms in total. The molecule has 1 N–H and O–H groups in total. The summed E-state index contributed by atoms with van der Waals surface area (Å²) in [5.41, 5.74) is 0. The van der Waals surface area contributed by atoms with Crippen LogP contribution in [0.15, 0.2) is 12.7 Å². The van der Waals surface area contributed by atoms with Gasteiger partial charge in [-0.05, 0) is 20.4 Å². The molecule has 0 saturated heterocycles. The molecule has 9 heavy (non-hydrogen) atoms. The minimum absolute atomic E-state index is 0.0394. The fraction of sp³-hybridized carbons (Fsp3) is 0.571. The van der Waals surface area contributed by atoms with Gasteiger partial charge in [-0.25, -0.2) is 0 Å². The highest BCUT2D eigenvalue weighted by atomic mass is 16.1. The van der Waals surface area contributed by atoms with Gasteiger partial charge in [-0.2, -0.15) is 0 Å². The number of Topliss-reactive ketones (excluding diaryl/α,β-unsaturated/α-hetero) is 1. The van der Waals surface area contributed by atoms with Crippen LogP contribution in [-0.4, -0.2) is 18.9 Å². The van der Waals surface area contributed by atoms with E-state index in [-0.39, 0.29) is 11.8 Å². The zero-order valence-corrected chi connectivity index (χ0v) is 5.98. The van der Waals surface area contributed by atoms with Crippen molar-refractivity contribution in [2.45, 2.75) is 19.4 Å². The summed E-state index contributed by atoms with van der Waals surface area (Å²) >= 11 is 0. The summed E-state index contributed by atoms with van der Waals surface area (Å²) in [5.74, 6) is 0.164. The maximum atomic E-state index is 10.7. The van der Waals surface area contributed by atoms with E-state index in [0.717, 1.165) is 0 Å². The highest BCUT2D eigenvalue weighted by molar-refractivity contribution is 5.81. The van der Waals surface area contributed by atoms with E-state index >= 15 is 0 Å². The second-order valence-electron chi connectivity index (χ2n) is 1.98. The van der Waals surface area contributed by atoms with Crippen LogP contribution in [0.3, 0.4) is 0 Å². The van der Waals surface area contributed by atoms with Gasteiger partial charge in [0.2, 0.25) is 0 Å². The van der Waals surface area contributed by atoms with E-state index in [1.54, 1.807) is 20.0 Å². The Morgan fingerprint density at radius 3 is 2.56 bits per heavy atom. The number of carbonyl (C=O) groups excluding carboxylic acids is 1. The average molecular weight is 127 g/mol. The van der Waals surface area contributed by atoms with Gasteiger partial charge >= 0.3 is 0 Å². The van der Waals surface area contributed by atoms with Crippen molar-refractivity contribution in [1.29, 1.82) is 0 Å². The number of rotatable bonds is 4. The molecule has 0 aliphatic heterocycles. The van der Waals surface area contributed by atoms with Gasteiger partial charge in [-0.15, -0.1) is 6.58 Å². The van der Waals surface area contributed by atoms with Gasteiger partial charge < -0.3 is 5.32 Å². The normalized spacial score (nSPS) is 12.7. The molecule has 2 heteroatoms. The van der Waals surface area contributed by atoms with Crippen LogP contribution in [-0.2, 0) is 4.79 Å². The lowest BCUT2D eigenvalue weighted by Gasteiger charge is -2.07. The molecule has 0 rings (SSSR count). The zero-order valence-electron chi connectivity index (χ0n) is 5.98. The summed E-state index contributed by atoms with van der Waals surface area (Å²) in [6.07, 6.45) is 2.45. The fourth-order valence-corrected chi connectivity index (χ4v) is 0.654. The van der Waals surface area contributed by atoms with Gasteiger partial charge in [0.05, 0.1) is 6.04 Å². The summed E-state index contributed by atoms with van der Waals surface area (Å²) in [7, 11) is 1.77. The van der Waals surface area contributed by atoms with Crippen LogP contribution in [0.1, 0.15) is 13.3 Å². The molecule has 0 amide bonds. The molecule has 0 bridgehead atoms. The van der Waals surface area contributed by atoms with Crippen LogP contribution in [0.2, 0.25) is 0 Å². The smallest absolute Gasteiger partial charge is 0.146 e. The van der Waals surface area contributed by atoms with E-state index in [9.17, 15) is 4.79 Å². The third kappa shape index (κ3) is 3.03. The molecule has 0 aliphatic carbocycles. The lowest BCUT2D eigenvalue weighted by atomic mass is 10.1. The molecular formula is C7H13NO. The molecule has 52 valence electrons. The molecule has 0 aromatic carbocycles. The van der Waals surface area contributed by atoms with Gasteiger partial charge in [0, 0.05) is 0 Å². The number of nitrogens with one attached hydrogen (secondary N) is 1. The molecule has 0 radical (unpaired) electrons. The maximum absolute atomic E-state index is 10.7. The third-order valence-corrected chi connectivity index (χ3v) is 1.24. The van der Waals surface area contributed by atoms with Crippen molar-refractivity contribution in [3.8, 4) is 0 Å². The van der Waals surface area contributed by atoms with E-state index in [1.165, 1.54) is 0 Å². The third-order valence-electron chi connectivity index (χ3n) is 1.24. The predicted octanol–water partition coefficient (Wildman–Crippen LogP) is 0.739. The first-order valence-corrected chi connectivity index (χ1v) is 3.01. The Bertz CT molecular complexity index is 109. The Labute approximate surface area is 56.0 Å². The summed E-state index contributed by atoms with van der Waals surface area (Å²) in [5, 5.41) is 2.88. The Morgan fingerprint density at radius 1 is 1.89 bits per heavy atom. The number of ketones is 1. The summed E-state index contributed by atoms with van der Waals surface area (Å²) < 4.78 is 0. The van der Waals surface area contributed by atoms with Gasteiger partial charge in [-0.3, -0.25) is 4.79 Å². The average Bonchev–Trinajstić information content (AvgIpc) is 1.82. The van der Waals surface area contributed by atoms with E-state index < -0.39 is 0 Å². The highest BCUT2D eigenvalue weighted by Gasteiger charge is 2.07. The molecule has 0 spiro atoms. The second-order valence-corrected chi connectivity index (χ2v) is 1.98. The Hall–Kier alpha value is -0.630. The van der Waals surface area contributed by atoms with Crippen LogP contribution in [0.25, 0.3) is 0 Å². The maximum Gasteiger partial charge on any atom is 0.146 e. The first-order valence-electron chi connectivity index (χ1n) is 3.01. The molecule has 0 aromatic heterocycles. The van der Waals surface area contributed by atoms with Crippen molar-refractivity contribution < 1.29 is 4.79 Å². The quantitative estimate of drug-likeness (QED) is 0.564. The summed E-state index contributed by atoms with van der Waals surface area (Å²) in [4.78, 5) is 10.7.